The highest BCUT2D eigenvalue weighted by Crippen LogP contribution is 2.25. The van der Waals surface area contributed by atoms with E-state index in [2.05, 4.69) is 5.32 Å². The first-order valence-electron chi connectivity index (χ1n) is 5.74. The second-order valence-electron chi connectivity index (χ2n) is 5.15. The number of benzene rings is 1. The van der Waals surface area contributed by atoms with Gasteiger partial charge in [0.25, 0.3) is 0 Å². The molecule has 0 aliphatic carbocycles. The van der Waals surface area contributed by atoms with Gasteiger partial charge in [0.1, 0.15) is 5.60 Å². The molecule has 0 aromatic heterocycles. The zero-order valence-corrected chi connectivity index (χ0v) is 11.8. The van der Waals surface area contributed by atoms with Gasteiger partial charge < -0.3 is 10.5 Å². The summed E-state index contributed by atoms with van der Waals surface area (Å²) < 4.78 is 5.18. The molecule has 0 aliphatic rings. The minimum absolute atomic E-state index is 0.228. The molecular weight excluding hydrogens is 252 g/mol. The van der Waals surface area contributed by atoms with Crippen LogP contribution in [0.25, 0.3) is 0 Å². The summed E-state index contributed by atoms with van der Waals surface area (Å²) >= 11 is 5.90. The number of hydrogen-bond donors (Lipinski definition) is 2. The number of nitrogens with two attached hydrogens (primary N) is 1. The number of nitrogens with one attached hydrogen (secondary N) is 1. The van der Waals surface area contributed by atoms with Gasteiger partial charge in [0, 0.05) is 16.8 Å². The lowest BCUT2D eigenvalue weighted by molar-refractivity contribution is 0.0636. The molecule has 0 saturated heterocycles. The Morgan fingerprint density at radius 1 is 1.44 bits per heavy atom. The minimum Gasteiger partial charge on any atom is -0.444 e. The van der Waals surface area contributed by atoms with Crippen molar-refractivity contribution in [3.8, 4) is 0 Å². The van der Waals surface area contributed by atoms with Gasteiger partial charge in [-0.1, -0.05) is 11.6 Å². The highest BCUT2D eigenvalue weighted by atomic mass is 35.5. The van der Waals surface area contributed by atoms with Crippen LogP contribution in [0.5, 0.6) is 0 Å². The lowest BCUT2D eigenvalue weighted by Gasteiger charge is -2.21. The lowest BCUT2D eigenvalue weighted by Crippen LogP contribution is -2.27. The topological polar surface area (TPSA) is 64.3 Å². The normalized spacial score (nSPS) is 13.0. The maximum absolute atomic E-state index is 11.7. The summed E-state index contributed by atoms with van der Waals surface area (Å²) in [6.07, 6.45) is -0.508. The number of ether oxygens (including phenoxy) is 1. The van der Waals surface area contributed by atoms with Crippen molar-refractivity contribution in [1.82, 2.24) is 0 Å². The van der Waals surface area contributed by atoms with E-state index in [1.807, 2.05) is 6.92 Å². The summed E-state index contributed by atoms with van der Waals surface area (Å²) in [6.45, 7) is 7.24. The number of anilines is 1. The van der Waals surface area contributed by atoms with E-state index in [-0.39, 0.29) is 6.04 Å². The van der Waals surface area contributed by atoms with E-state index in [0.717, 1.165) is 5.56 Å². The minimum atomic E-state index is -0.537. The Morgan fingerprint density at radius 3 is 2.56 bits per heavy atom. The molecule has 1 amide bonds. The summed E-state index contributed by atoms with van der Waals surface area (Å²) in [5.41, 5.74) is 6.69. The van der Waals surface area contributed by atoms with Crippen LogP contribution in [0.2, 0.25) is 5.02 Å². The third-order valence-electron chi connectivity index (χ3n) is 2.14. The highest BCUT2D eigenvalue weighted by Gasteiger charge is 2.17. The molecule has 18 heavy (non-hydrogen) atoms. The number of halogens is 1. The van der Waals surface area contributed by atoms with Crippen LogP contribution in [0.3, 0.4) is 0 Å². The fourth-order valence-corrected chi connectivity index (χ4v) is 1.62. The van der Waals surface area contributed by atoms with Crippen LogP contribution in [-0.2, 0) is 4.74 Å². The number of hydrogen-bond acceptors (Lipinski definition) is 3. The summed E-state index contributed by atoms with van der Waals surface area (Å²) in [5, 5.41) is 3.26. The number of carbonyl (C=O) groups is 1. The van der Waals surface area contributed by atoms with Gasteiger partial charge in [-0.15, -0.1) is 0 Å². The largest absolute Gasteiger partial charge is 0.444 e. The molecule has 0 aliphatic heterocycles. The van der Waals surface area contributed by atoms with Crippen molar-refractivity contribution in [2.24, 2.45) is 5.73 Å². The third-order valence-corrected chi connectivity index (χ3v) is 2.37. The van der Waals surface area contributed by atoms with Crippen molar-refractivity contribution in [2.75, 3.05) is 5.32 Å². The maximum Gasteiger partial charge on any atom is 0.412 e. The van der Waals surface area contributed by atoms with Crippen molar-refractivity contribution >= 4 is 23.4 Å². The fraction of sp³-hybridized carbons (Fsp3) is 0.462. The van der Waals surface area contributed by atoms with Gasteiger partial charge in [-0.2, -0.15) is 0 Å². The molecule has 0 saturated carbocycles. The Labute approximate surface area is 112 Å². The molecule has 3 N–H and O–H groups in total. The standard InChI is InChI=1S/C13H19ClN2O2/c1-8(15)10-7-9(14)5-6-11(10)16-12(17)18-13(2,3)4/h5-8H,15H2,1-4H3,(H,16,17)/t8-/m0/s1. The molecule has 0 unspecified atom stereocenters. The van der Waals surface area contributed by atoms with Gasteiger partial charge in [0.05, 0.1) is 0 Å². The predicted molar refractivity (Wildman–Crippen MR) is 73.9 cm³/mol. The van der Waals surface area contributed by atoms with Gasteiger partial charge in [0.15, 0.2) is 0 Å². The first-order valence-corrected chi connectivity index (χ1v) is 6.12. The Hall–Kier alpha value is -1.26. The zero-order valence-electron chi connectivity index (χ0n) is 11.1. The van der Waals surface area contributed by atoms with Gasteiger partial charge in [0.2, 0.25) is 0 Å². The Bertz CT molecular complexity index is 439. The van der Waals surface area contributed by atoms with Crippen LogP contribution in [0.15, 0.2) is 18.2 Å². The fourth-order valence-electron chi connectivity index (χ4n) is 1.44. The lowest BCUT2D eigenvalue weighted by atomic mass is 10.1. The van der Waals surface area contributed by atoms with Crippen molar-refractivity contribution in [3.05, 3.63) is 28.8 Å². The highest BCUT2D eigenvalue weighted by molar-refractivity contribution is 6.30. The van der Waals surface area contributed by atoms with Gasteiger partial charge >= 0.3 is 6.09 Å². The Kier molecular flexibility index (Phi) is 4.59. The Balaban J connectivity index is 2.88. The molecule has 1 atom stereocenters. The van der Waals surface area contributed by atoms with Crippen LogP contribution in [-0.4, -0.2) is 11.7 Å². The molecule has 0 fully saturated rings. The summed E-state index contributed by atoms with van der Waals surface area (Å²) in [5.74, 6) is 0. The smallest absolute Gasteiger partial charge is 0.412 e. The molecule has 5 heteroatoms. The van der Waals surface area contributed by atoms with E-state index in [1.54, 1.807) is 39.0 Å². The zero-order chi connectivity index (χ0) is 13.9. The molecule has 1 rings (SSSR count). The quantitative estimate of drug-likeness (QED) is 0.861. The molecule has 4 nitrogen and oxygen atoms in total. The SMILES string of the molecule is C[C@H](N)c1cc(Cl)ccc1NC(=O)OC(C)(C)C. The summed E-state index contributed by atoms with van der Waals surface area (Å²) in [4.78, 5) is 11.7. The van der Waals surface area contributed by atoms with E-state index < -0.39 is 11.7 Å². The van der Waals surface area contributed by atoms with Crippen LogP contribution < -0.4 is 11.1 Å². The average molecular weight is 271 g/mol. The predicted octanol–water partition coefficient (Wildman–Crippen LogP) is 3.71. The molecule has 100 valence electrons. The molecule has 0 spiro atoms. The van der Waals surface area contributed by atoms with Crippen molar-refractivity contribution in [3.63, 3.8) is 0 Å². The summed E-state index contributed by atoms with van der Waals surface area (Å²) in [7, 11) is 0. The van der Waals surface area contributed by atoms with E-state index >= 15 is 0 Å². The van der Waals surface area contributed by atoms with Crippen molar-refractivity contribution in [1.29, 1.82) is 0 Å². The molecule has 0 bridgehead atoms. The molecular formula is C13H19ClN2O2. The van der Waals surface area contributed by atoms with E-state index in [9.17, 15) is 4.79 Å². The second-order valence-corrected chi connectivity index (χ2v) is 5.58. The van der Waals surface area contributed by atoms with Crippen molar-refractivity contribution < 1.29 is 9.53 Å². The first-order chi connectivity index (χ1) is 8.19. The van der Waals surface area contributed by atoms with Crippen LogP contribution in [0.1, 0.15) is 39.3 Å². The average Bonchev–Trinajstić information content (AvgIpc) is 2.17. The van der Waals surface area contributed by atoms with Gasteiger partial charge in [-0.3, -0.25) is 5.32 Å². The second kappa shape index (κ2) is 5.59. The van der Waals surface area contributed by atoms with Gasteiger partial charge in [-0.05, 0) is 51.5 Å². The van der Waals surface area contributed by atoms with Crippen LogP contribution in [0.4, 0.5) is 10.5 Å². The molecule has 1 aromatic carbocycles. The third kappa shape index (κ3) is 4.55. The van der Waals surface area contributed by atoms with Crippen molar-refractivity contribution in [2.45, 2.75) is 39.3 Å². The monoisotopic (exact) mass is 270 g/mol. The van der Waals surface area contributed by atoms with Crippen LogP contribution in [0, 0.1) is 0 Å². The van der Waals surface area contributed by atoms with E-state index in [4.69, 9.17) is 22.1 Å². The maximum atomic E-state index is 11.7. The van der Waals surface area contributed by atoms with Gasteiger partial charge in [-0.25, -0.2) is 4.79 Å². The molecule has 0 heterocycles. The number of rotatable bonds is 2. The molecule has 0 radical (unpaired) electrons. The first kappa shape index (κ1) is 14.8. The van der Waals surface area contributed by atoms with E-state index in [0.29, 0.717) is 10.7 Å². The summed E-state index contributed by atoms with van der Waals surface area (Å²) in [6, 6.07) is 4.91. The van der Waals surface area contributed by atoms with E-state index in [1.165, 1.54) is 0 Å². The molecule has 1 aromatic rings. The Morgan fingerprint density at radius 2 is 2.06 bits per heavy atom. The number of amides is 1. The number of carbonyl (C=O) groups excluding carboxylic acids is 1. The van der Waals surface area contributed by atoms with Crippen LogP contribution >= 0.6 is 11.6 Å².